The summed E-state index contributed by atoms with van der Waals surface area (Å²) in [6.07, 6.45) is 1.75. The zero-order valence-corrected chi connectivity index (χ0v) is 12.5. The van der Waals surface area contributed by atoms with Gasteiger partial charge in [0.15, 0.2) is 11.6 Å². The predicted molar refractivity (Wildman–Crippen MR) is 82.1 cm³/mol. The first-order chi connectivity index (χ1) is 11.0. The van der Waals surface area contributed by atoms with E-state index in [1.54, 1.807) is 0 Å². The van der Waals surface area contributed by atoms with Crippen LogP contribution in [0.3, 0.4) is 0 Å². The van der Waals surface area contributed by atoms with Crippen molar-refractivity contribution in [2.24, 2.45) is 0 Å². The van der Waals surface area contributed by atoms with E-state index >= 15 is 0 Å². The molecule has 0 fully saturated rings. The van der Waals surface area contributed by atoms with Crippen LogP contribution in [0, 0.1) is 11.6 Å². The molecule has 0 saturated heterocycles. The van der Waals surface area contributed by atoms with Crippen LogP contribution in [-0.4, -0.2) is 23.2 Å². The van der Waals surface area contributed by atoms with E-state index in [1.807, 2.05) is 24.3 Å². The van der Waals surface area contributed by atoms with Crippen LogP contribution in [0.4, 0.5) is 8.78 Å². The van der Waals surface area contributed by atoms with Crippen LogP contribution in [0.25, 0.3) is 0 Å². The summed E-state index contributed by atoms with van der Waals surface area (Å²) in [5.74, 6) is -2.59. The van der Waals surface area contributed by atoms with Crippen molar-refractivity contribution >= 4 is 5.91 Å². The van der Waals surface area contributed by atoms with Crippen molar-refractivity contribution in [1.82, 2.24) is 5.32 Å². The van der Waals surface area contributed by atoms with Gasteiger partial charge in [-0.15, -0.1) is 0 Å². The number of hydrogen-bond acceptors (Lipinski definition) is 2. The van der Waals surface area contributed by atoms with Gasteiger partial charge in [-0.2, -0.15) is 0 Å². The molecule has 0 radical (unpaired) electrons. The summed E-state index contributed by atoms with van der Waals surface area (Å²) in [5.41, 5.74) is 1.29. The van der Waals surface area contributed by atoms with E-state index < -0.39 is 23.1 Å². The minimum Gasteiger partial charge on any atom is -0.388 e. The number of nitrogens with one attached hydrogen (secondary N) is 1. The van der Waals surface area contributed by atoms with Gasteiger partial charge in [0.1, 0.15) is 0 Å². The Bertz CT molecular complexity index is 748. The minimum atomic E-state index is -1.07. The fraction of sp³-hybridized carbons (Fsp3) is 0.278. The maximum Gasteiger partial charge on any atom is 0.251 e. The van der Waals surface area contributed by atoms with Gasteiger partial charge in [0.05, 0.1) is 5.60 Å². The van der Waals surface area contributed by atoms with Crippen molar-refractivity contribution in [2.45, 2.75) is 24.9 Å². The fourth-order valence-corrected chi connectivity index (χ4v) is 2.92. The highest BCUT2D eigenvalue weighted by molar-refractivity contribution is 5.94. The SMILES string of the molecule is O=C(NC[C@@]1(O)CCc2ccccc2C1)c1ccc(F)c(F)c1. The van der Waals surface area contributed by atoms with Crippen LogP contribution >= 0.6 is 0 Å². The van der Waals surface area contributed by atoms with E-state index in [4.69, 9.17) is 0 Å². The monoisotopic (exact) mass is 317 g/mol. The summed E-state index contributed by atoms with van der Waals surface area (Å²) in [6.45, 7) is 0.0686. The van der Waals surface area contributed by atoms with Gasteiger partial charge in [0.2, 0.25) is 0 Å². The second kappa shape index (κ2) is 6.08. The Morgan fingerprint density at radius 2 is 1.87 bits per heavy atom. The molecule has 2 aromatic carbocycles. The highest BCUT2D eigenvalue weighted by Gasteiger charge is 2.32. The van der Waals surface area contributed by atoms with Crippen molar-refractivity contribution in [1.29, 1.82) is 0 Å². The Hall–Kier alpha value is -2.27. The van der Waals surface area contributed by atoms with Crippen molar-refractivity contribution in [3.63, 3.8) is 0 Å². The summed E-state index contributed by atoms with van der Waals surface area (Å²) >= 11 is 0. The third-order valence-electron chi connectivity index (χ3n) is 4.26. The van der Waals surface area contributed by atoms with Crippen LogP contribution in [0.2, 0.25) is 0 Å². The number of fused-ring (bicyclic) bond motifs is 1. The molecule has 0 aromatic heterocycles. The average Bonchev–Trinajstić information content (AvgIpc) is 2.55. The Kier molecular flexibility index (Phi) is 4.13. The Morgan fingerprint density at radius 3 is 2.61 bits per heavy atom. The van der Waals surface area contributed by atoms with Crippen LogP contribution in [0.15, 0.2) is 42.5 Å². The number of halogens is 2. The van der Waals surface area contributed by atoms with Gasteiger partial charge in [-0.05, 0) is 42.2 Å². The molecule has 0 aliphatic heterocycles. The van der Waals surface area contributed by atoms with Gasteiger partial charge in [-0.25, -0.2) is 8.78 Å². The molecule has 23 heavy (non-hydrogen) atoms. The van der Waals surface area contributed by atoms with Gasteiger partial charge in [-0.1, -0.05) is 24.3 Å². The van der Waals surface area contributed by atoms with Crippen LogP contribution in [0.5, 0.6) is 0 Å². The quantitative estimate of drug-likeness (QED) is 0.914. The predicted octanol–water partition coefficient (Wildman–Crippen LogP) is 2.61. The molecular formula is C18H17F2NO2. The van der Waals surface area contributed by atoms with E-state index in [0.717, 1.165) is 24.1 Å². The second-order valence-electron chi connectivity index (χ2n) is 5.98. The highest BCUT2D eigenvalue weighted by Crippen LogP contribution is 2.28. The largest absolute Gasteiger partial charge is 0.388 e. The number of hydrogen-bond donors (Lipinski definition) is 2. The van der Waals surface area contributed by atoms with Gasteiger partial charge in [-0.3, -0.25) is 4.79 Å². The summed E-state index contributed by atoms with van der Waals surface area (Å²) in [7, 11) is 0. The molecule has 2 aromatic rings. The lowest BCUT2D eigenvalue weighted by atomic mass is 9.80. The van der Waals surface area contributed by atoms with Crippen molar-refractivity contribution in [2.75, 3.05) is 6.54 Å². The van der Waals surface area contributed by atoms with Gasteiger partial charge in [0, 0.05) is 18.5 Å². The molecule has 0 heterocycles. The number of rotatable bonds is 3. The number of aliphatic hydroxyl groups is 1. The van der Waals surface area contributed by atoms with E-state index in [2.05, 4.69) is 5.32 Å². The van der Waals surface area contributed by atoms with Gasteiger partial charge >= 0.3 is 0 Å². The number of benzene rings is 2. The van der Waals surface area contributed by atoms with Gasteiger partial charge in [0.25, 0.3) is 5.91 Å². The molecule has 3 nitrogen and oxygen atoms in total. The van der Waals surface area contributed by atoms with Crippen LogP contribution in [-0.2, 0) is 12.8 Å². The van der Waals surface area contributed by atoms with Crippen molar-refractivity contribution < 1.29 is 18.7 Å². The lowest BCUT2D eigenvalue weighted by Crippen LogP contribution is -2.46. The normalized spacial score (nSPS) is 20.0. The smallest absolute Gasteiger partial charge is 0.251 e. The molecule has 120 valence electrons. The van der Waals surface area contributed by atoms with E-state index in [1.165, 1.54) is 11.6 Å². The molecule has 0 saturated carbocycles. The molecule has 2 N–H and O–H groups in total. The Morgan fingerprint density at radius 1 is 1.13 bits per heavy atom. The van der Waals surface area contributed by atoms with Crippen molar-refractivity contribution in [3.8, 4) is 0 Å². The third kappa shape index (κ3) is 3.40. The topological polar surface area (TPSA) is 49.3 Å². The maximum atomic E-state index is 13.2. The Balaban J connectivity index is 1.66. The van der Waals surface area contributed by atoms with Gasteiger partial charge < -0.3 is 10.4 Å². The molecule has 1 aliphatic rings. The molecule has 1 atom stereocenters. The van der Waals surface area contributed by atoms with Crippen molar-refractivity contribution in [3.05, 3.63) is 70.8 Å². The number of aryl methyl sites for hydroxylation is 1. The van der Waals surface area contributed by atoms with Crippen LogP contribution < -0.4 is 5.32 Å². The number of carbonyl (C=O) groups excluding carboxylic acids is 1. The summed E-state index contributed by atoms with van der Waals surface area (Å²) in [6, 6.07) is 10.9. The summed E-state index contributed by atoms with van der Waals surface area (Å²) < 4.78 is 26.1. The molecule has 0 unspecified atom stereocenters. The first-order valence-electron chi connectivity index (χ1n) is 7.49. The molecule has 5 heteroatoms. The molecule has 0 bridgehead atoms. The van der Waals surface area contributed by atoms with E-state index in [0.29, 0.717) is 12.8 Å². The first-order valence-corrected chi connectivity index (χ1v) is 7.49. The summed E-state index contributed by atoms with van der Waals surface area (Å²) in [4.78, 5) is 12.0. The zero-order valence-electron chi connectivity index (χ0n) is 12.5. The Labute approximate surface area is 133 Å². The third-order valence-corrected chi connectivity index (χ3v) is 4.26. The lowest BCUT2D eigenvalue weighted by molar-refractivity contribution is 0.0260. The number of carbonyl (C=O) groups is 1. The summed E-state index contributed by atoms with van der Waals surface area (Å²) in [5, 5.41) is 13.3. The first kappa shape index (κ1) is 15.6. The fourth-order valence-electron chi connectivity index (χ4n) is 2.92. The minimum absolute atomic E-state index is 0.0312. The lowest BCUT2D eigenvalue weighted by Gasteiger charge is -2.33. The van der Waals surface area contributed by atoms with E-state index in [-0.39, 0.29) is 12.1 Å². The van der Waals surface area contributed by atoms with Crippen LogP contribution in [0.1, 0.15) is 27.9 Å². The zero-order chi connectivity index (χ0) is 16.4. The molecular weight excluding hydrogens is 300 g/mol. The molecule has 1 amide bonds. The second-order valence-corrected chi connectivity index (χ2v) is 5.98. The molecule has 0 spiro atoms. The molecule has 1 aliphatic carbocycles. The standard InChI is InChI=1S/C18H17F2NO2/c19-15-6-5-13(9-16(15)20)17(22)21-11-18(23)8-7-12-3-1-2-4-14(12)10-18/h1-6,9,23H,7-8,10-11H2,(H,21,22)/t18-/m1/s1. The molecule has 3 rings (SSSR count). The average molecular weight is 317 g/mol. The van der Waals surface area contributed by atoms with E-state index in [9.17, 15) is 18.7 Å². The maximum absolute atomic E-state index is 13.2. The highest BCUT2D eigenvalue weighted by atomic mass is 19.2. The number of amides is 1.